The monoisotopic (exact) mass is 372 g/mol. The lowest BCUT2D eigenvalue weighted by atomic mass is 9.69. The Balaban J connectivity index is 1.55. The van der Waals surface area contributed by atoms with Crippen LogP contribution in [0.5, 0.6) is 5.75 Å². The number of rotatable bonds is 4. The van der Waals surface area contributed by atoms with Gasteiger partial charge in [0.2, 0.25) is 0 Å². The molecule has 1 aromatic rings. The SMILES string of the molecule is C=C[C@H]1CC[C@H](C2CCC(C#Cc3c(F)cc(OCC)cc3F)CC2)CC1. The summed E-state index contributed by atoms with van der Waals surface area (Å²) in [4.78, 5) is 0. The minimum atomic E-state index is -0.640. The highest BCUT2D eigenvalue weighted by atomic mass is 19.1. The zero-order valence-corrected chi connectivity index (χ0v) is 16.3. The molecule has 0 aromatic heterocycles. The van der Waals surface area contributed by atoms with Crippen LogP contribution in [-0.2, 0) is 0 Å². The summed E-state index contributed by atoms with van der Waals surface area (Å²) in [6, 6.07) is 2.43. The molecule has 0 saturated heterocycles. The highest BCUT2D eigenvalue weighted by molar-refractivity contribution is 5.41. The van der Waals surface area contributed by atoms with E-state index >= 15 is 0 Å². The Morgan fingerprint density at radius 2 is 1.56 bits per heavy atom. The summed E-state index contributed by atoms with van der Waals surface area (Å²) < 4.78 is 33.4. The Kier molecular flexibility index (Phi) is 6.94. The first-order chi connectivity index (χ1) is 13.1. The van der Waals surface area contributed by atoms with Gasteiger partial charge in [-0.25, -0.2) is 8.78 Å². The average Bonchev–Trinajstić information content (AvgIpc) is 2.68. The third-order valence-corrected chi connectivity index (χ3v) is 6.32. The zero-order valence-electron chi connectivity index (χ0n) is 16.3. The van der Waals surface area contributed by atoms with Gasteiger partial charge < -0.3 is 4.74 Å². The third kappa shape index (κ3) is 5.12. The number of hydrogen-bond acceptors (Lipinski definition) is 1. The fourth-order valence-corrected chi connectivity index (χ4v) is 4.68. The van der Waals surface area contributed by atoms with Crippen molar-refractivity contribution in [3.63, 3.8) is 0 Å². The van der Waals surface area contributed by atoms with Gasteiger partial charge in [0.05, 0.1) is 12.2 Å². The first kappa shape index (κ1) is 19.9. The highest BCUT2D eigenvalue weighted by Crippen LogP contribution is 2.41. The molecule has 0 bridgehead atoms. The Hall–Kier alpha value is -1.82. The number of hydrogen-bond donors (Lipinski definition) is 0. The van der Waals surface area contributed by atoms with Crippen LogP contribution in [0.2, 0.25) is 0 Å². The third-order valence-electron chi connectivity index (χ3n) is 6.32. The van der Waals surface area contributed by atoms with Crippen LogP contribution in [0.1, 0.15) is 63.9 Å². The van der Waals surface area contributed by atoms with Crippen LogP contribution in [0.15, 0.2) is 24.8 Å². The molecule has 2 aliphatic rings. The molecule has 2 saturated carbocycles. The van der Waals surface area contributed by atoms with Gasteiger partial charge in [-0.05, 0) is 76.0 Å². The molecule has 3 heteroatoms. The molecule has 0 N–H and O–H groups in total. The molecule has 146 valence electrons. The van der Waals surface area contributed by atoms with Gasteiger partial charge in [-0.3, -0.25) is 0 Å². The number of allylic oxidation sites excluding steroid dienone is 1. The number of benzene rings is 1. The molecule has 1 nitrogen and oxygen atoms in total. The normalized spacial score (nSPS) is 28.1. The lowest BCUT2D eigenvalue weighted by Gasteiger charge is -2.36. The second kappa shape index (κ2) is 9.40. The maximum atomic E-state index is 14.1. The summed E-state index contributed by atoms with van der Waals surface area (Å²) in [5.41, 5.74) is -0.136. The smallest absolute Gasteiger partial charge is 0.145 e. The van der Waals surface area contributed by atoms with Crippen molar-refractivity contribution in [1.29, 1.82) is 0 Å². The molecule has 0 aliphatic heterocycles. The van der Waals surface area contributed by atoms with Crippen molar-refractivity contribution < 1.29 is 13.5 Å². The number of halogens is 2. The molecule has 3 rings (SSSR count). The quantitative estimate of drug-likeness (QED) is 0.432. The van der Waals surface area contributed by atoms with Crippen molar-refractivity contribution in [3.8, 4) is 17.6 Å². The summed E-state index contributed by atoms with van der Waals surface area (Å²) in [7, 11) is 0. The Morgan fingerprint density at radius 1 is 1.00 bits per heavy atom. The van der Waals surface area contributed by atoms with E-state index in [1.165, 1.54) is 50.7 Å². The van der Waals surface area contributed by atoms with Crippen molar-refractivity contribution >= 4 is 0 Å². The second-order valence-corrected chi connectivity index (χ2v) is 7.99. The molecule has 0 amide bonds. The van der Waals surface area contributed by atoms with E-state index in [9.17, 15) is 8.78 Å². The van der Waals surface area contributed by atoms with E-state index in [1.807, 2.05) is 0 Å². The van der Waals surface area contributed by atoms with Crippen molar-refractivity contribution in [2.24, 2.45) is 23.7 Å². The van der Waals surface area contributed by atoms with E-state index in [4.69, 9.17) is 4.74 Å². The van der Waals surface area contributed by atoms with Crippen LogP contribution >= 0.6 is 0 Å². The highest BCUT2D eigenvalue weighted by Gasteiger charge is 2.29. The van der Waals surface area contributed by atoms with E-state index < -0.39 is 11.6 Å². The summed E-state index contributed by atoms with van der Waals surface area (Å²) >= 11 is 0. The Bertz CT molecular complexity index is 676. The maximum absolute atomic E-state index is 14.1. The minimum absolute atomic E-state index is 0.136. The topological polar surface area (TPSA) is 9.23 Å². The average molecular weight is 372 g/mol. The molecule has 2 aliphatic carbocycles. The standard InChI is InChI=1S/C24H30F2O/c1-3-17-5-10-19(11-6-17)20-12-7-18(8-13-20)9-14-22-23(25)15-21(27-4-2)16-24(22)26/h3,15-20H,1,4-8,10-13H2,2H3/t17-,18?,19-,20?. The largest absolute Gasteiger partial charge is 0.494 e. The van der Waals surface area contributed by atoms with Gasteiger partial charge in [0.1, 0.15) is 17.4 Å². The Morgan fingerprint density at radius 3 is 2.07 bits per heavy atom. The van der Waals surface area contributed by atoms with Crippen LogP contribution in [-0.4, -0.2) is 6.61 Å². The maximum Gasteiger partial charge on any atom is 0.145 e. The summed E-state index contributed by atoms with van der Waals surface area (Å²) in [5, 5.41) is 0. The Labute approximate surface area is 162 Å². The second-order valence-electron chi connectivity index (χ2n) is 7.99. The fraction of sp³-hybridized carbons (Fsp3) is 0.583. The molecule has 0 spiro atoms. The first-order valence-corrected chi connectivity index (χ1v) is 10.4. The van der Waals surface area contributed by atoms with Gasteiger partial charge in [-0.1, -0.05) is 17.9 Å². The van der Waals surface area contributed by atoms with Crippen LogP contribution in [0.25, 0.3) is 0 Å². The van der Waals surface area contributed by atoms with Crippen molar-refractivity contribution in [1.82, 2.24) is 0 Å². The summed E-state index contributed by atoms with van der Waals surface area (Å²) in [6.07, 6.45) is 11.8. The van der Waals surface area contributed by atoms with Gasteiger partial charge in [0.25, 0.3) is 0 Å². The molecule has 2 fully saturated rings. The molecule has 0 heterocycles. The van der Waals surface area contributed by atoms with Crippen molar-refractivity contribution in [3.05, 3.63) is 42.0 Å². The summed E-state index contributed by atoms with van der Waals surface area (Å²) in [6.45, 7) is 6.09. The lowest BCUT2D eigenvalue weighted by Crippen LogP contribution is -2.25. The van der Waals surface area contributed by atoms with Gasteiger partial charge in [-0.2, -0.15) is 0 Å². The molecular formula is C24H30F2O. The predicted octanol–water partition coefficient (Wildman–Crippen LogP) is 6.51. The van der Waals surface area contributed by atoms with E-state index in [1.54, 1.807) is 6.92 Å². The van der Waals surface area contributed by atoms with Gasteiger partial charge >= 0.3 is 0 Å². The van der Waals surface area contributed by atoms with Crippen LogP contribution in [0.3, 0.4) is 0 Å². The first-order valence-electron chi connectivity index (χ1n) is 10.4. The van der Waals surface area contributed by atoms with Crippen molar-refractivity contribution in [2.45, 2.75) is 58.3 Å². The molecule has 0 unspecified atom stereocenters. The zero-order chi connectivity index (χ0) is 19.2. The van der Waals surface area contributed by atoms with E-state index in [2.05, 4.69) is 24.5 Å². The van der Waals surface area contributed by atoms with E-state index in [0.29, 0.717) is 12.5 Å². The van der Waals surface area contributed by atoms with E-state index in [0.717, 1.165) is 24.7 Å². The molecule has 0 atom stereocenters. The predicted molar refractivity (Wildman–Crippen MR) is 105 cm³/mol. The van der Waals surface area contributed by atoms with Gasteiger partial charge in [0.15, 0.2) is 0 Å². The van der Waals surface area contributed by atoms with Crippen molar-refractivity contribution in [2.75, 3.05) is 6.61 Å². The van der Waals surface area contributed by atoms with E-state index in [-0.39, 0.29) is 17.2 Å². The molecule has 1 aromatic carbocycles. The summed E-state index contributed by atoms with van der Waals surface area (Å²) in [5.74, 6) is 7.42. The van der Waals surface area contributed by atoms with Crippen LogP contribution < -0.4 is 4.74 Å². The van der Waals surface area contributed by atoms with Crippen LogP contribution in [0.4, 0.5) is 8.78 Å². The number of ether oxygens (including phenoxy) is 1. The lowest BCUT2D eigenvalue weighted by molar-refractivity contribution is 0.168. The molecule has 0 radical (unpaired) electrons. The van der Waals surface area contributed by atoms with Gasteiger partial charge in [-0.15, -0.1) is 6.58 Å². The fourth-order valence-electron chi connectivity index (χ4n) is 4.68. The minimum Gasteiger partial charge on any atom is -0.494 e. The molecule has 27 heavy (non-hydrogen) atoms. The van der Waals surface area contributed by atoms with Crippen LogP contribution in [0, 0.1) is 47.1 Å². The molecular weight excluding hydrogens is 342 g/mol. The van der Waals surface area contributed by atoms with Gasteiger partial charge in [0, 0.05) is 18.1 Å².